The van der Waals surface area contributed by atoms with E-state index in [0.717, 1.165) is 15.6 Å². The van der Waals surface area contributed by atoms with Crippen LogP contribution in [0.25, 0.3) is 11.4 Å². The van der Waals surface area contributed by atoms with Crippen LogP contribution in [-0.2, 0) is 0 Å². The summed E-state index contributed by atoms with van der Waals surface area (Å²) in [5.74, 6) is 0.601. The average molecular weight is 268 g/mol. The lowest BCUT2D eigenvalue weighted by Crippen LogP contribution is -1.88. The Balaban J connectivity index is 2.44. The normalized spacial score (nSPS) is 10.3. The second-order valence-corrected chi connectivity index (χ2v) is 4.05. The lowest BCUT2D eigenvalue weighted by atomic mass is 10.1. The Bertz CT molecular complexity index is 481. The maximum atomic E-state index is 4.97. The Labute approximate surface area is 95.8 Å². The number of hydrogen-bond acceptors (Lipinski definition) is 4. The Kier molecular flexibility index (Phi) is 2.73. The molecule has 0 atom stereocenters. The van der Waals surface area contributed by atoms with E-state index in [1.807, 2.05) is 25.1 Å². The Hall–Kier alpha value is -1.36. The summed E-state index contributed by atoms with van der Waals surface area (Å²) in [5.41, 5.74) is 2.08. The molecule has 0 radical (unpaired) electrons. The lowest BCUT2D eigenvalue weighted by molar-refractivity contribution is 0.434. The van der Waals surface area contributed by atoms with Crippen LogP contribution >= 0.6 is 15.9 Å². The molecule has 0 spiro atoms. The van der Waals surface area contributed by atoms with Crippen LogP contribution in [0.3, 0.4) is 0 Å². The van der Waals surface area contributed by atoms with Gasteiger partial charge < -0.3 is 9.84 Å². The van der Waals surface area contributed by atoms with Crippen molar-refractivity contribution >= 4 is 21.9 Å². The molecule has 1 N–H and O–H groups in total. The van der Waals surface area contributed by atoms with Gasteiger partial charge in [-0.1, -0.05) is 21.1 Å². The number of rotatable bonds is 2. The summed E-state index contributed by atoms with van der Waals surface area (Å²) in [6.07, 6.45) is 0. The van der Waals surface area contributed by atoms with Gasteiger partial charge in [-0.3, -0.25) is 0 Å². The predicted molar refractivity (Wildman–Crippen MR) is 61.7 cm³/mol. The third kappa shape index (κ3) is 2.02. The summed E-state index contributed by atoms with van der Waals surface area (Å²) >= 11 is 3.41. The highest BCUT2D eigenvalue weighted by atomic mass is 79.9. The van der Waals surface area contributed by atoms with Gasteiger partial charge in [-0.15, -0.1) is 0 Å². The Morgan fingerprint density at radius 3 is 2.80 bits per heavy atom. The number of hydrogen-bond donors (Lipinski definition) is 1. The summed E-state index contributed by atoms with van der Waals surface area (Å²) in [6.45, 7) is 2.01. The van der Waals surface area contributed by atoms with Gasteiger partial charge in [0, 0.05) is 17.1 Å². The number of anilines is 1. The number of nitrogens with zero attached hydrogens (tertiary/aromatic N) is 2. The first-order valence-electron chi connectivity index (χ1n) is 4.48. The van der Waals surface area contributed by atoms with E-state index in [9.17, 15) is 0 Å². The molecule has 0 unspecified atom stereocenters. The van der Waals surface area contributed by atoms with E-state index in [1.54, 1.807) is 7.05 Å². The molecule has 5 heteroatoms. The zero-order chi connectivity index (χ0) is 10.8. The van der Waals surface area contributed by atoms with E-state index in [0.29, 0.717) is 11.8 Å². The third-order valence-corrected chi connectivity index (χ3v) is 2.56. The van der Waals surface area contributed by atoms with Gasteiger partial charge in [-0.05, 0) is 30.7 Å². The third-order valence-electron chi connectivity index (χ3n) is 2.07. The number of nitrogens with one attached hydrogen (secondary N) is 1. The summed E-state index contributed by atoms with van der Waals surface area (Å²) in [5, 5.41) is 6.68. The molecular formula is C10H10BrN3O. The van der Waals surface area contributed by atoms with Crippen molar-refractivity contribution in [3.63, 3.8) is 0 Å². The molecule has 1 aromatic carbocycles. The Morgan fingerprint density at radius 1 is 1.40 bits per heavy atom. The van der Waals surface area contributed by atoms with Crippen molar-refractivity contribution in [3.8, 4) is 11.4 Å². The molecule has 2 aromatic rings. The SMILES string of the molecule is CNc1nc(-c2ccc(Br)cc2C)no1. The first-order valence-corrected chi connectivity index (χ1v) is 5.28. The zero-order valence-corrected chi connectivity index (χ0v) is 10.00. The number of benzene rings is 1. The van der Waals surface area contributed by atoms with E-state index in [2.05, 4.69) is 31.4 Å². The van der Waals surface area contributed by atoms with Crippen LogP contribution in [0.2, 0.25) is 0 Å². The Morgan fingerprint density at radius 2 is 2.20 bits per heavy atom. The maximum Gasteiger partial charge on any atom is 0.321 e. The minimum Gasteiger partial charge on any atom is -0.341 e. The minimum absolute atomic E-state index is 0.423. The molecule has 2 rings (SSSR count). The van der Waals surface area contributed by atoms with Gasteiger partial charge in [0.05, 0.1) is 0 Å². The molecule has 0 aliphatic heterocycles. The van der Waals surface area contributed by atoms with Crippen LogP contribution < -0.4 is 5.32 Å². The maximum absolute atomic E-state index is 4.97. The fourth-order valence-corrected chi connectivity index (χ4v) is 1.79. The van der Waals surface area contributed by atoms with E-state index in [1.165, 1.54) is 0 Å². The van der Waals surface area contributed by atoms with E-state index in [-0.39, 0.29) is 0 Å². The lowest BCUT2D eigenvalue weighted by Gasteiger charge is -2.00. The highest BCUT2D eigenvalue weighted by molar-refractivity contribution is 9.10. The van der Waals surface area contributed by atoms with Crippen molar-refractivity contribution in [2.24, 2.45) is 0 Å². The molecule has 1 heterocycles. The molecule has 0 aliphatic rings. The quantitative estimate of drug-likeness (QED) is 0.909. The van der Waals surface area contributed by atoms with Crippen LogP contribution in [-0.4, -0.2) is 17.2 Å². The van der Waals surface area contributed by atoms with Gasteiger partial charge in [0.15, 0.2) is 0 Å². The molecule has 0 amide bonds. The van der Waals surface area contributed by atoms with Crippen molar-refractivity contribution in [1.29, 1.82) is 0 Å². The van der Waals surface area contributed by atoms with E-state index in [4.69, 9.17) is 4.52 Å². The van der Waals surface area contributed by atoms with Gasteiger partial charge in [0.25, 0.3) is 0 Å². The highest BCUT2D eigenvalue weighted by Crippen LogP contribution is 2.24. The molecule has 0 bridgehead atoms. The van der Waals surface area contributed by atoms with Crippen LogP contribution in [0.1, 0.15) is 5.56 Å². The summed E-state index contributed by atoms with van der Waals surface area (Å²) < 4.78 is 6.01. The molecule has 15 heavy (non-hydrogen) atoms. The standard InChI is InChI=1S/C10H10BrN3O/c1-6-5-7(11)3-4-8(6)9-13-10(12-2)15-14-9/h3-5H,1-2H3,(H,12,13,14). The van der Waals surface area contributed by atoms with Crippen LogP contribution in [0.15, 0.2) is 27.2 Å². The monoisotopic (exact) mass is 267 g/mol. The molecule has 4 nitrogen and oxygen atoms in total. The fourth-order valence-electron chi connectivity index (χ4n) is 1.31. The average Bonchev–Trinajstić information content (AvgIpc) is 2.66. The van der Waals surface area contributed by atoms with Crippen LogP contribution in [0.5, 0.6) is 0 Å². The first-order chi connectivity index (χ1) is 7.20. The smallest absolute Gasteiger partial charge is 0.321 e. The van der Waals surface area contributed by atoms with Gasteiger partial charge in [0.2, 0.25) is 5.82 Å². The molecule has 0 saturated carbocycles. The number of aromatic nitrogens is 2. The van der Waals surface area contributed by atoms with Crippen molar-refractivity contribution in [2.45, 2.75) is 6.92 Å². The number of aryl methyl sites for hydroxylation is 1. The molecule has 0 fully saturated rings. The van der Waals surface area contributed by atoms with Crippen molar-refractivity contribution in [1.82, 2.24) is 10.1 Å². The zero-order valence-electron chi connectivity index (χ0n) is 8.41. The minimum atomic E-state index is 0.423. The van der Waals surface area contributed by atoms with Gasteiger partial charge >= 0.3 is 6.01 Å². The van der Waals surface area contributed by atoms with Crippen LogP contribution in [0, 0.1) is 6.92 Å². The highest BCUT2D eigenvalue weighted by Gasteiger charge is 2.09. The topological polar surface area (TPSA) is 51.0 Å². The first kappa shape index (κ1) is 10.2. The van der Waals surface area contributed by atoms with Crippen molar-refractivity contribution in [2.75, 3.05) is 12.4 Å². The van der Waals surface area contributed by atoms with Gasteiger partial charge in [0.1, 0.15) is 0 Å². The second kappa shape index (κ2) is 4.02. The molecule has 78 valence electrons. The number of halogens is 1. The second-order valence-electron chi connectivity index (χ2n) is 3.13. The largest absolute Gasteiger partial charge is 0.341 e. The summed E-state index contributed by atoms with van der Waals surface area (Å²) in [4.78, 5) is 4.19. The summed E-state index contributed by atoms with van der Waals surface area (Å²) in [6, 6.07) is 6.36. The van der Waals surface area contributed by atoms with Crippen molar-refractivity contribution in [3.05, 3.63) is 28.2 Å². The molecule has 1 aromatic heterocycles. The molecule has 0 saturated heterocycles. The summed E-state index contributed by atoms with van der Waals surface area (Å²) in [7, 11) is 1.74. The predicted octanol–water partition coefficient (Wildman–Crippen LogP) is 2.85. The van der Waals surface area contributed by atoms with Gasteiger partial charge in [-0.2, -0.15) is 4.98 Å². The van der Waals surface area contributed by atoms with E-state index >= 15 is 0 Å². The molecular weight excluding hydrogens is 258 g/mol. The van der Waals surface area contributed by atoms with Crippen molar-refractivity contribution < 1.29 is 4.52 Å². The van der Waals surface area contributed by atoms with Gasteiger partial charge in [-0.25, -0.2) is 0 Å². The van der Waals surface area contributed by atoms with E-state index < -0.39 is 0 Å². The van der Waals surface area contributed by atoms with Crippen LogP contribution in [0.4, 0.5) is 6.01 Å². The fraction of sp³-hybridized carbons (Fsp3) is 0.200. The molecule has 0 aliphatic carbocycles.